The second-order valence-electron chi connectivity index (χ2n) is 10.2. The lowest BCUT2D eigenvalue weighted by Crippen LogP contribution is -2.53. The third-order valence-corrected chi connectivity index (χ3v) is 6.32. The van der Waals surface area contributed by atoms with Crippen molar-refractivity contribution in [3.8, 4) is 0 Å². The molecule has 2 unspecified atom stereocenters. The second-order valence-corrected chi connectivity index (χ2v) is 10.6. The Kier molecular flexibility index (Phi) is 10.2. The smallest absolute Gasteiger partial charge is 0.408 e. The zero-order chi connectivity index (χ0) is 28.6. The summed E-state index contributed by atoms with van der Waals surface area (Å²) in [5.74, 6) is -0.770. The zero-order valence-corrected chi connectivity index (χ0v) is 23.8. The number of amides is 3. The van der Waals surface area contributed by atoms with Gasteiger partial charge in [-0.2, -0.15) is 12.6 Å². The van der Waals surface area contributed by atoms with Crippen molar-refractivity contribution >= 4 is 53.1 Å². The summed E-state index contributed by atoms with van der Waals surface area (Å²) < 4.78 is 5.35. The molecule has 0 aliphatic carbocycles. The molecular formula is C31H37N3O4S. The molecule has 0 fully saturated rings. The van der Waals surface area contributed by atoms with E-state index in [1.807, 2.05) is 73.7 Å². The summed E-state index contributed by atoms with van der Waals surface area (Å²) >= 11 is 4.33. The van der Waals surface area contributed by atoms with Gasteiger partial charge in [0.1, 0.15) is 17.7 Å². The van der Waals surface area contributed by atoms with Gasteiger partial charge in [-0.05, 0) is 67.3 Å². The number of benzene rings is 3. The van der Waals surface area contributed by atoms with E-state index in [1.165, 1.54) is 4.90 Å². The Morgan fingerprint density at radius 3 is 2.38 bits per heavy atom. The normalized spacial score (nSPS) is 12.7. The first kappa shape index (κ1) is 29.8. The number of fused-ring (bicyclic) bond motifs is 1. The van der Waals surface area contributed by atoms with Crippen LogP contribution in [0.5, 0.6) is 0 Å². The number of thiol groups is 1. The highest BCUT2D eigenvalue weighted by Gasteiger charge is 2.35. The highest BCUT2D eigenvalue weighted by molar-refractivity contribution is 7.80. The molecule has 7 nitrogen and oxygen atoms in total. The highest BCUT2D eigenvalue weighted by atomic mass is 32.1. The summed E-state index contributed by atoms with van der Waals surface area (Å²) in [6.45, 7) is 11.3. The number of alkyl carbamates (subject to hydrolysis) is 1. The van der Waals surface area contributed by atoms with Crippen LogP contribution in [-0.2, 0) is 14.3 Å². The van der Waals surface area contributed by atoms with Crippen LogP contribution in [0.1, 0.15) is 51.3 Å². The predicted molar refractivity (Wildman–Crippen MR) is 161 cm³/mol. The Balaban J connectivity index is 1.99. The molecule has 39 heavy (non-hydrogen) atoms. The molecule has 0 aliphatic rings. The SMILES string of the molecule is C=Cc1cccc(C(C(=O)Nc2ccc3ccccc3c2)N(CCC)C(=O)C(CS)NC(=O)OC(C)(C)C)c1. The quantitative estimate of drug-likeness (QED) is 0.263. The van der Waals surface area contributed by atoms with E-state index in [4.69, 9.17) is 4.74 Å². The van der Waals surface area contributed by atoms with Crippen molar-refractivity contribution in [2.75, 3.05) is 17.6 Å². The third-order valence-electron chi connectivity index (χ3n) is 5.96. The number of carbonyl (C=O) groups excluding carboxylic acids is 3. The van der Waals surface area contributed by atoms with E-state index < -0.39 is 29.7 Å². The fourth-order valence-electron chi connectivity index (χ4n) is 4.25. The van der Waals surface area contributed by atoms with Gasteiger partial charge in [0.2, 0.25) is 5.91 Å². The summed E-state index contributed by atoms with van der Waals surface area (Å²) in [6, 6.07) is 18.9. The van der Waals surface area contributed by atoms with Gasteiger partial charge in [0.15, 0.2) is 0 Å². The Bertz CT molecular complexity index is 1330. The van der Waals surface area contributed by atoms with E-state index in [2.05, 4.69) is 29.8 Å². The topological polar surface area (TPSA) is 87.7 Å². The minimum absolute atomic E-state index is 0.0317. The minimum Gasteiger partial charge on any atom is -0.444 e. The van der Waals surface area contributed by atoms with Crippen molar-refractivity contribution in [2.24, 2.45) is 0 Å². The van der Waals surface area contributed by atoms with Gasteiger partial charge in [0.05, 0.1) is 0 Å². The first-order valence-electron chi connectivity index (χ1n) is 13.0. The Morgan fingerprint density at radius 1 is 1.03 bits per heavy atom. The lowest BCUT2D eigenvalue weighted by atomic mass is 10.00. The van der Waals surface area contributed by atoms with Crippen molar-refractivity contribution in [2.45, 2.75) is 51.8 Å². The standard InChI is InChI=1S/C31H37N3O4S/c1-6-17-34(29(36)26(20-39)33-30(37)38-31(3,4)5)27(24-14-10-11-21(7-2)18-24)28(35)32-25-16-15-22-12-8-9-13-23(22)19-25/h7-16,18-19,26-27,39H,2,6,17,20H2,1,3-5H3,(H,32,35)(H,33,37). The average Bonchev–Trinajstić information content (AvgIpc) is 2.90. The summed E-state index contributed by atoms with van der Waals surface area (Å²) in [5, 5.41) is 7.66. The van der Waals surface area contributed by atoms with E-state index in [0.29, 0.717) is 17.7 Å². The Hall–Kier alpha value is -3.78. The van der Waals surface area contributed by atoms with Gasteiger partial charge < -0.3 is 20.3 Å². The average molecular weight is 548 g/mol. The van der Waals surface area contributed by atoms with Crippen molar-refractivity contribution in [3.63, 3.8) is 0 Å². The van der Waals surface area contributed by atoms with Gasteiger partial charge in [0.25, 0.3) is 5.91 Å². The van der Waals surface area contributed by atoms with Crippen LogP contribution in [0.15, 0.2) is 73.3 Å². The molecule has 3 aromatic rings. The number of anilines is 1. The maximum Gasteiger partial charge on any atom is 0.408 e. The van der Waals surface area contributed by atoms with Gasteiger partial charge in [-0.1, -0.05) is 68.1 Å². The van der Waals surface area contributed by atoms with Crippen molar-refractivity contribution in [3.05, 3.63) is 84.4 Å². The molecule has 0 radical (unpaired) electrons. The molecule has 3 amide bonds. The fraction of sp³-hybridized carbons (Fsp3) is 0.323. The molecule has 0 aliphatic heterocycles. The van der Waals surface area contributed by atoms with Crippen LogP contribution in [0.3, 0.4) is 0 Å². The Morgan fingerprint density at radius 2 is 1.74 bits per heavy atom. The Labute approximate surface area is 236 Å². The van der Waals surface area contributed by atoms with Crippen LogP contribution in [0.2, 0.25) is 0 Å². The summed E-state index contributed by atoms with van der Waals surface area (Å²) in [4.78, 5) is 41.8. The van der Waals surface area contributed by atoms with Crippen LogP contribution in [0, 0.1) is 0 Å². The van der Waals surface area contributed by atoms with E-state index in [0.717, 1.165) is 16.3 Å². The number of nitrogens with zero attached hydrogens (tertiary/aromatic N) is 1. The number of carbonyl (C=O) groups is 3. The molecule has 206 valence electrons. The molecule has 3 aromatic carbocycles. The first-order chi connectivity index (χ1) is 18.6. The predicted octanol–water partition coefficient (Wildman–Crippen LogP) is 6.22. The summed E-state index contributed by atoms with van der Waals surface area (Å²) in [7, 11) is 0. The van der Waals surface area contributed by atoms with Gasteiger partial charge in [0, 0.05) is 18.0 Å². The van der Waals surface area contributed by atoms with Crippen LogP contribution < -0.4 is 10.6 Å². The molecule has 3 rings (SSSR count). The largest absolute Gasteiger partial charge is 0.444 e. The monoisotopic (exact) mass is 547 g/mol. The number of hydrogen-bond donors (Lipinski definition) is 3. The van der Waals surface area contributed by atoms with E-state index in [-0.39, 0.29) is 18.2 Å². The molecular weight excluding hydrogens is 510 g/mol. The van der Waals surface area contributed by atoms with Gasteiger partial charge >= 0.3 is 6.09 Å². The molecule has 8 heteroatoms. The summed E-state index contributed by atoms with van der Waals surface area (Å²) in [5.41, 5.74) is 1.33. The first-order valence-corrected chi connectivity index (χ1v) is 13.6. The van der Waals surface area contributed by atoms with Crippen LogP contribution in [0.4, 0.5) is 10.5 Å². The second kappa shape index (κ2) is 13.3. The maximum absolute atomic E-state index is 13.9. The van der Waals surface area contributed by atoms with Crippen LogP contribution in [0.25, 0.3) is 16.8 Å². The van der Waals surface area contributed by atoms with Gasteiger partial charge in [-0.15, -0.1) is 0 Å². The van der Waals surface area contributed by atoms with Crippen molar-refractivity contribution in [1.29, 1.82) is 0 Å². The molecule has 0 aromatic heterocycles. The number of hydrogen-bond acceptors (Lipinski definition) is 5. The lowest BCUT2D eigenvalue weighted by molar-refractivity contribution is -0.140. The molecule has 2 atom stereocenters. The van der Waals surface area contributed by atoms with E-state index in [9.17, 15) is 14.4 Å². The number of ether oxygens (including phenoxy) is 1. The van der Waals surface area contributed by atoms with Crippen LogP contribution in [-0.4, -0.2) is 46.7 Å². The van der Waals surface area contributed by atoms with Gasteiger partial charge in [-0.3, -0.25) is 9.59 Å². The maximum atomic E-state index is 13.9. The lowest BCUT2D eigenvalue weighted by Gasteiger charge is -2.34. The molecule has 0 spiro atoms. The van der Waals surface area contributed by atoms with Crippen molar-refractivity contribution in [1.82, 2.24) is 10.2 Å². The van der Waals surface area contributed by atoms with Crippen LogP contribution >= 0.6 is 12.6 Å². The van der Waals surface area contributed by atoms with E-state index >= 15 is 0 Å². The molecule has 0 saturated carbocycles. The van der Waals surface area contributed by atoms with Gasteiger partial charge in [-0.25, -0.2) is 4.79 Å². The number of rotatable bonds is 10. The van der Waals surface area contributed by atoms with E-state index in [1.54, 1.807) is 26.8 Å². The molecule has 0 saturated heterocycles. The van der Waals surface area contributed by atoms with Crippen molar-refractivity contribution < 1.29 is 19.1 Å². The number of nitrogens with one attached hydrogen (secondary N) is 2. The molecule has 2 N–H and O–H groups in total. The zero-order valence-electron chi connectivity index (χ0n) is 22.9. The summed E-state index contributed by atoms with van der Waals surface area (Å²) in [6.07, 6.45) is 1.56. The fourth-order valence-corrected chi connectivity index (χ4v) is 4.50. The molecule has 0 heterocycles. The highest BCUT2D eigenvalue weighted by Crippen LogP contribution is 2.27. The minimum atomic E-state index is -0.992. The molecule has 0 bridgehead atoms. The third kappa shape index (κ3) is 8.10.